The molecule has 5 rings (SSSR count). The molecule has 0 bridgehead atoms. The fourth-order valence-corrected chi connectivity index (χ4v) is 6.37. The van der Waals surface area contributed by atoms with E-state index in [1.54, 1.807) is 7.11 Å². The smallest absolute Gasteiger partial charge is 0.227 e. The number of nitrogens with zero attached hydrogens (tertiary/aromatic N) is 2. The number of morpholine rings is 1. The van der Waals surface area contributed by atoms with Crippen molar-refractivity contribution in [1.82, 2.24) is 10.3 Å². The molecular formula is C28H31F2N3O6S. The van der Waals surface area contributed by atoms with Crippen LogP contribution in [0.2, 0.25) is 0 Å². The van der Waals surface area contributed by atoms with Gasteiger partial charge in [0.15, 0.2) is 23.1 Å². The van der Waals surface area contributed by atoms with Crippen LogP contribution in [0.15, 0.2) is 24.3 Å². The summed E-state index contributed by atoms with van der Waals surface area (Å²) in [5.74, 6) is -2.86. The molecule has 0 atom stereocenters. The number of rotatable bonds is 10. The van der Waals surface area contributed by atoms with Crippen LogP contribution in [-0.2, 0) is 33.7 Å². The summed E-state index contributed by atoms with van der Waals surface area (Å²) in [5, 5.41) is 14.9. The van der Waals surface area contributed by atoms with Crippen LogP contribution in [0.3, 0.4) is 0 Å². The summed E-state index contributed by atoms with van der Waals surface area (Å²) in [5.41, 5.74) is 0.113. The largest absolute Gasteiger partial charge is 0.550 e. The van der Waals surface area contributed by atoms with Gasteiger partial charge in [0.25, 0.3) is 0 Å². The number of halogens is 2. The monoisotopic (exact) mass is 575 g/mol. The van der Waals surface area contributed by atoms with Crippen molar-refractivity contribution >= 4 is 33.4 Å². The second-order valence-electron chi connectivity index (χ2n) is 10.7. The highest BCUT2D eigenvalue weighted by molar-refractivity contribution is 7.18. The normalized spacial score (nSPS) is 17.4. The molecule has 3 aromatic rings. The second kappa shape index (κ2) is 11.3. The van der Waals surface area contributed by atoms with Gasteiger partial charge in [0.2, 0.25) is 5.91 Å². The number of aromatic nitrogens is 1. The van der Waals surface area contributed by atoms with Crippen LogP contribution >= 0.6 is 11.3 Å². The number of fused-ring (bicyclic) bond motifs is 2. The number of carboxylic acids is 1. The standard InChI is InChI=1S/C28H31F2N3O6S/c1-33(3-6-38-7-4-33)5-8-39-23-11-21-24(12-22(23)37-2)40-25(32-21)16-31-27(36)28(15-26(34)35)13-17-9-19(29)20(30)10-18(17)14-28/h9-12H,3-8,13-16H2,1-2H3,(H-,31,34,35,36). The zero-order chi connectivity index (χ0) is 28.5. The first-order chi connectivity index (χ1) is 19.1. The van der Waals surface area contributed by atoms with E-state index < -0.39 is 35.3 Å². The van der Waals surface area contributed by atoms with Gasteiger partial charge in [-0.25, -0.2) is 13.8 Å². The summed E-state index contributed by atoms with van der Waals surface area (Å²) < 4.78 is 46.3. The third kappa shape index (κ3) is 5.89. The van der Waals surface area contributed by atoms with E-state index in [2.05, 4.69) is 17.3 Å². The molecule has 0 saturated carbocycles. The summed E-state index contributed by atoms with van der Waals surface area (Å²) in [6.45, 7) is 4.74. The van der Waals surface area contributed by atoms with Gasteiger partial charge in [0.05, 0.1) is 49.5 Å². The number of hydrogen-bond acceptors (Lipinski definition) is 8. The number of benzene rings is 2. The number of carbonyl (C=O) groups excluding carboxylic acids is 2. The fraction of sp³-hybridized carbons (Fsp3) is 0.464. The maximum absolute atomic E-state index is 13.8. The van der Waals surface area contributed by atoms with Crippen molar-refractivity contribution in [3.8, 4) is 11.5 Å². The number of nitrogens with one attached hydrogen (secondary N) is 1. The van der Waals surface area contributed by atoms with Gasteiger partial charge in [-0.15, -0.1) is 11.3 Å². The van der Waals surface area contributed by atoms with Crippen LogP contribution in [0, 0.1) is 17.0 Å². The molecule has 0 radical (unpaired) electrons. The number of thiazole rings is 1. The molecule has 1 amide bonds. The molecule has 1 aromatic heterocycles. The molecule has 12 heteroatoms. The third-order valence-corrected chi connectivity index (χ3v) is 8.84. The number of hydrogen-bond donors (Lipinski definition) is 1. The molecule has 9 nitrogen and oxygen atoms in total. The Kier molecular flexibility index (Phi) is 7.94. The molecule has 1 aliphatic heterocycles. The van der Waals surface area contributed by atoms with Crippen molar-refractivity contribution in [2.24, 2.45) is 5.41 Å². The van der Waals surface area contributed by atoms with Crippen LogP contribution in [0.5, 0.6) is 11.5 Å². The van der Waals surface area contributed by atoms with E-state index in [0.29, 0.717) is 39.8 Å². The van der Waals surface area contributed by atoms with Gasteiger partial charge in [-0.2, -0.15) is 0 Å². The highest BCUT2D eigenvalue weighted by Gasteiger charge is 2.44. The zero-order valence-corrected chi connectivity index (χ0v) is 23.2. The molecule has 2 aromatic carbocycles. The molecule has 1 fully saturated rings. The van der Waals surface area contributed by atoms with Gasteiger partial charge in [-0.05, 0) is 36.1 Å². The van der Waals surface area contributed by atoms with Crippen molar-refractivity contribution in [3.05, 3.63) is 52.0 Å². The predicted molar refractivity (Wildman–Crippen MR) is 141 cm³/mol. The van der Waals surface area contributed by atoms with E-state index in [-0.39, 0.29) is 19.4 Å². The van der Waals surface area contributed by atoms with Gasteiger partial charge in [-0.3, -0.25) is 4.79 Å². The van der Waals surface area contributed by atoms with Gasteiger partial charge < -0.3 is 33.9 Å². The highest BCUT2D eigenvalue weighted by atomic mass is 32.1. The van der Waals surface area contributed by atoms with E-state index >= 15 is 0 Å². The summed E-state index contributed by atoms with van der Waals surface area (Å²) in [6.07, 6.45) is -0.622. The quantitative estimate of drug-likeness (QED) is 0.368. The first kappa shape index (κ1) is 28.2. The van der Waals surface area contributed by atoms with Crippen molar-refractivity contribution in [1.29, 1.82) is 0 Å². The van der Waals surface area contributed by atoms with Crippen LogP contribution in [0.4, 0.5) is 8.78 Å². The van der Waals surface area contributed by atoms with E-state index in [9.17, 15) is 23.5 Å². The number of methoxy groups -OCH3 is 1. The molecule has 0 spiro atoms. The van der Waals surface area contributed by atoms with Crippen molar-refractivity contribution in [2.45, 2.75) is 25.8 Å². The lowest BCUT2D eigenvalue weighted by Crippen LogP contribution is -2.53. The van der Waals surface area contributed by atoms with Crippen molar-refractivity contribution in [3.63, 3.8) is 0 Å². The van der Waals surface area contributed by atoms with Gasteiger partial charge in [0.1, 0.15) is 31.2 Å². The molecule has 2 heterocycles. The highest BCUT2D eigenvalue weighted by Crippen LogP contribution is 2.41. The van der Waals surface area contributed by atoms with Gasteiger partial charge in [0, 0.05) is 24.5 Å². The summed E-state index contributed by atoms with van der Waals surface area (Å²) in [7, 11) is 3.76. The van der Waals surface area contributed by atoms with Gasteiger partial charge in [-0.1, -0.05) is 0 Å². The maximum Gasteiger partial charge on any atom is 0.227 e. The minimum atomic E-state index is -1.41. The SMILES string of the molecule is COc1cc2sc(CNC(=O)C3(CC(=O)[O-])Cc4cc(F)c(F)cc4C3)nc2cc1OCC[N+]1(C)CCOCC1. The van der Waals surface area contributed by atoms with Crippen LogP contribution in [0.1, 0.15) is 22.6 Å². The molecule has 1 N–H and O–H groups in total. The van der Waals surface area contributed by atoms with Crippen LogP contribution in [0.25, 0.3) is 10.2 Å². The Hall–Kier alpha value is -3.35. The average Bonchev–Trinajstić information content (AvgIpc) is 3.47. The zero-order valence-electron chi connectivity index (χ0n) is 22.4. The molecule has 1 saturated heterocycles. The first-order valence-electron chi connectivity index (χ1n) is 13.1. The van der Waals surface area contributed by atoms with E-state index in [4.69, 9.17) is 14.2 Å². The lowest BCUT2D eigenvalue weighted by Gasteiger charge is -2.37. The Balaban J connectivity index is 1.27. The van der Waals surface area contributed by atoms with Gasteiger partial charge >= 0.3 is 0 Å². The van der Waals surface area contributed by atoms with Crippen molar-refractivity contribution < 1.29 is 42.2 Å². The van der Waals surface area contributed by atoms with Crippen LogP contribution in [-0.4, -0.2) is 75.0 Å². The second-order valence-corrected chi connectivity index (χ2v) is 11.8. The number of carbonyl (C=O) groups is 2. The van der Waals surface area contributed by atoms with E-state index in [1.165, 1.54) is 11.3 Å². The number of ether oxygens (including phenoxy) is 3. The first-order valence-corrected chi connectivity index (χ1v) is 13.9. The number of aliphatic carboxylic acids is 1. The minimum Gasteiger partial charge on any atom is -0.550 e. The molecule has 0 unspecified atom stereocenters. The molecule has 40 heavy (non-hydrogen) atoms. The number of amides is 1. The summed E-state index contributed by atoms with van der Waals surface area (Å²) in [6, 6.07) is 5.70. The number of quaternary nitrogens is 1. The Morgan fingerprint density at radius 2 is 1.80 bits per heavy atom. The number of carboxylic acid groups (broad SMARTS) is 1. The predicted octanol–water partition coefficient (Wildman–Crippen LogP) is 1.98. The Bertz CT molecular complexity index is 1410. The number of likely N-dealkylation sites (N-methyl/N-ethyl adjacent to an activating group) is 1. The minimum absolute atomic E-state index is 0.0259. The molecule has 2 aliphatic rings. The lowest BCUT2D eigenvalue weighted by molar-refractivity contribution is -0.916. The Morgan fingerprint density at radius 3 is 2.42 bits per heavy atom. The topological polar surface area (TPSA) is 110 Å². The van der Waals surface area contributed by atoms with Crippen LogP contribution < -0.4 is 19.9 Å². The van der Waals surface area contributed by atoms with E-state index in [0.717, 1.165) is 54.2 Å². The Morgan fingerprint density at radius 1 is 1.12 bits per heavy atom. The Labute approximate surface area is 234 Å². The average molecular weight is 576 g/mol. The fourth-order valence-electron chi connectivity index (χ4n) is 5.45. The molecule has 1 aliphatic carbocycles. The van der Waals surface area contributed by atoms with E-state index in [1.807, 2.05) is 12.1 Å². The maximum atomic E-state index is 13.8. The lowest BCUT2D eigenvalue weighted by atomic mass is 9.80. The molecular weight excluding hydrogens is 544 g/mol. The third-order valence-electron chi connectivity index (χ3n) is 7.82. The summed E-state index contributed by atoms with van der Waals surface area (Å²) >= 11 is 1.36. The van der Waals surface area contributed by atoms with Crippen molar-refractivity contribution in [2.75, 3.05) is 53.6 Å². The summed E-state index contributed by atoms with van der Waals surface area (Å²) in [4.78, 5) is 29.5. The molecule has 214 valence electrons.